The molecule has 0 aliphatic carbocycles. The van der Waals surface area contributed by atoms with Crippen LogP contribution >= 0.6 is 11.6 Å². The molecule has 0 spiro atoms. The lowest BCUT2D eigenvalue weighted by Gasteiger charge is -2.24. The number of carbonyl (C=O) groups is 2. The molecule has 1 aliphatic heterocycles. The van der Waals surface area contributed by atoms with Gasteiger partial charge < -0.3 is 14.0 Å². The van der Waals surface area contributed by atoms with Crippen LogP contribution in [0, 0.1) is 13.8 Å². The molecular weight excluding hydrogens is 384 g/mol. The third-order valence-corrected chi connectivity index (χ3v) is 4.72. The molecule has 0 saturated heterocycles. The van der Waals surface area contributed by atoms with Gasteiger partial charge in [-0.15, -0.1) is 0 Å². The lowest BCUT2D eigenvalue weighted by Crippen LogP contribution is -2.31. The fraction of sp³-hybridized carbons (Fsp3) is 0.150. The molecule has 8 heteroatoms. The highest BCUT2D eigenvalue weighted by atomic mass is 35.5. The number of aromatic nitrogens is 1. The zero-order valence-corrected chi connectivity index (χ0v) is 15.7. The molecule has 0 radical (unpaired) electrons. The van der Waals surface area contributed by atoms with E-state index >= 15 is 0 Å². The highest BCUT2D eigenvalue weighted by Crippen LogP contribution is 2.41. The van der Waals surface area contributed by atoms with Crippen LogP contribution in [0.2, 0.25) is 5.02 Å². The van der Waals surface area contributed by atoms with Crippen LogP contribution in [0.3, 0.4) is 0 Å². The van der Waals surface area contributed by atoms with Crippen molar-refractivity contribution in [1.29, 1.82) is 0 Å². The molecule has 28 heavy (non-hydrogen) atoms. The van der Waals surface area contributed by atoms with Crippen LogP contribution in [0.4, 0.5) is 5.82 Å². The predicted octanol–water partition coefficient (Wildman–Crippen LogP) is 4.32. The summed E-state index contributed by atoms with van der Waals surface area (Å²) in [5, 5.41) is 14.9. The van der Waals surface area contributed by atoms with E-state index in [2.05, 4.69) is 5.16 Å². The number of aliphatic hydroxyl groups is 1. The topological polar surface area (TPSA) is 96.8 Å². The van der Waals surface area contributed by atoms with Gasteiger partial charge in [-0.25, -0.2) is 0 Å². The van der Waals surface area contributed by atoms with Crippen molar-refractivity contribution in [2.24, 2.45) is 0 Å². The van der Waals surface area contributed by atoms with Gasteiger partial charge >= 0.3 is 0 Å². The minimum atomic E-state index is -0.910. The summed E-state index contributed by atoms with van der Waals surface area (Å²) in [4.78, 5) is 27.2. The summed E-state index contributed by atoms with van der Waals surface area (Å²) >= 11 is 5.98. The molecule has 1 unspecified atom stereocenters. The van der Waals surface area contributed by atoms with Crippen LogP contribution in [0.5, 0.6) is 0 Å². The molecule has 1 N–H and O–H groups in total. The molecule has 142 valence electrons. The maximum atomic E-state index is 13.1. The van der Waals surface area contributed by atoms with Gasteiger partial charge in [0.2, 0.25) is 5.78 Å². The molecule has 3 aromatic rings. The van der Waals surface area contributed by atoms with Crippen molar-refractivity contribution in [1.82, 2.24) is 5.16 Å². The molecule has 7 nitrogen and oxygen atoms in total. The highest BCUT2D eigenvalue weighted by Gasteiger charge is 2.46. The van der Waals surface area contributed by atoms with E-state index in [1.54, 1.807) is 50.2 Å². The fourth-order valence-electron chi connectivity index (χ4n) is 3.19. The summed E-state index contributed by atoms with van der Waals surface area (Å²) in [6.45, 7) is 3.38. The van der Waals surface area contributed by atoms with Crippen molar-refractivity contribution in [3.8, 4) is 0 Å². The Kier molecular flexibility index (Phi) is 4.31. The zero-order chi connectivity index (χ0) is 20.0. The number of ketones is 1. The molecule has 0 bridgehead atoms. The Morgan fingerprint density at radius 2 is 1.86 bits per heavy atom. The first-order valence-electron chi connectivity index (χ1n) is 8.43. The third kappa shape index (κ3) is 2.90. The Balaban J connectivity index is 1.87. The van der Waals surface area contributed by atoms with E-state index < -0.39 is 23.5 Å². The molecule has 0 fully saturated rings. The Bertz CT molecular complexity index is 1110. The Labute approximate surface area is 164 Å². The van der Waals surface area contributed by atoms with Gasteiger partial charge in [-0.2, -0.15) is 0 Å². The van der Waals surface area contributed by atoms with E-state index in [0.717, 1.165) is 0 Å². The van der Waals surface area contributed by atoms with E-state index in [-0.39, 0.29) is 17.2 Å². The van der Waals surface area contributed by atoms with Gasteiger partial charge in [0.1, 0.15) is 11.5 Å². The minimum Gasteiger partial charge on any atom is -0.503 e. The van der Waals surface area contributed by atoms with Crippen molar-refractivity contribution in [3.63, 3.8) is 0 Å². The van der Waals surface area contributed by atoms with Crippen LogP contribution in [-0.2, 0) is 4.79 Å². The molecule has 2 aromatic heterocycles. The Morgan fingerprint density at radius 3 is 2.43 bits per heavy atom. The minimum absolute atomic E-state index is 0.0315. The van der Waals surface area contributed by atoms with E-state index in [1.165, 1.54) is 11.0 Å². The van der Waals surface area contributed by atoms with E-state index in [4.69, 9.17) is 20.5 Å². The second-order valence-electron chi connectivity index (χ2n) is 6.43. The normalized spacial score (nSPS) is 16.9. The number of anilines is 1. The molecule has 3 heterocycles. The second kappa shape index (κ2) is 6.69. The van der Waals surface area contributed by atoms with Crippen molar-refractivity contribution in [2.45, 2.75) is 19.9 Å². The number of nitrogens with zero attached hydrogens (tertiary/aromatic N) is 2. The fourth-order valence-corrected chi connectivity index (χ4v) is 3.32. The van der Waals surface area contributed by atoms with E-state index in [1.807, 2.05) is 0 Å². The number of hydrogen-bond acceptors (Lipinski definition) is 6. The van der Waals surface area contributed by atoms with Gasteiger partial charge in [-0.3, -0.25) is 14.5 Å². The average Bonchev–Trinajstić information content (AvgIpc) is 3.35. The van der Waals surface area contributed by atoms with Crippen LogP contribution in [-0.4, -0.2) is 22.0 Å². The molecule has 0 saturated carbocycles. The quantitative estimate of drug-likeness (QED) is 0.657. The number of halogens is 1. The Morgan fingerprint density at radius 1 is 1.14 bits per heavy atom. The number of rotatable bonds is 4. The number of carbonyl (C=O) groups excluding carboxylic acids is 2. The number of benzene rings is 1. The molecule has 1 atom stereocenters. The van der Waals surface area contributed by atoms with Crippen molar-refractivity contribution in [2.75, 3.05) is 4.90 Å². The van der Waals surface area contributed by atoms with Gasteiger partial charge in [0.25, 0.3) is 5.91 Å². The number of aryl methyl sites for hydroxylation is 2. The lowest BCUT2D eigenvalue weighted by atomic mass is 9.95. The summed E-state index contributed by atoms with van der Waals surface area (Å²) in [6.07, 6.45) is 0. The molecule has 4 rings (SSSR count). The highest BCUT2D eigenvalue weighted by molar-refractivity contribution is 6.30. The smallest absolute Gasteiger partial charge is 0.295 e. The van der Waals surface area contributed by atoms with Crippen molar-refractivity contribution in [3.05, 3.63) is 81.7 Å². The Hall–Kier alpha value is -3.32. The summed E-state index contributed by atoms with van der Waals surface area (Å²) < 4.78 is 10.5. The van der Waals surface area contributed by atoms with Gasteiger partial charge in [0.15, 0.2) is 17.3 Å². The van der Waals surface area contributed by atoms with Gasteiger partial charge in [-0.1, -0.05) is 28.9 Å². The largest absolute Gasteiger partial charge is 0.503 e. The summed E-state index contributed by atoms with van der Waals surface area (Å²) in [5.41, 5.74) is 0.483. The lowest BCUT2D eigenvalue weighted by molar-refractivity contribution is -0.117. The number of furan rings is 1. The molecule has 1 aliphatic rings. The molecular formula is C20H15ClN2O5. The van der Waals surface area contributed by atoms with Crippen molar-refractivity contribution >= 4 is 29.1 Å². The summed E-state index contributed by atoms with van der Waals surface area (Å²) in [7, 11) is 0. The first-order valence-corrected chi connectivity index (χ1v) is 8.81. The number of hydrogen-bond donors (Lipinski definition) is 1. The first-order chi connectivity index (χ1) is 13.4. The van der Waals surface area contributed by atoms with Crippen LogP contribution in [0.15, 0.2) is 62.7 Å². The van der Waals surface area contributed by atoms with Gasteiger partial charge in [0.05, 0.1) is 11.6 Å². The van der Waals surface area contributed by atoms with Crippen molar-refractivity contribution < 1.29 is 23.6 Å². The first kappa shape index (κ1) is 18.1. The number of Topliss-reactive ketones (excluding diaryl/α,β-unsaturated/α-hetero) is 1. The van der Waals surface area contributed by atoms with Gasteiger partial charge in [0, 0.05) is 11.1 Å². The molecule has 1 amide bonds. The van der Waals surface area contributed by atoms with Crippen LogP contribution in [0.25, 0.3) is 0 Å². The SMILES string of the molecule is Cc1cc(N2C(=O)C(O)=C(C(=O)c3ccc(C)o3)C2c2ccc(Cl)cc2)no1. The molecule has 1 aromatic carbocycles. The number of amides is 1. The van der Waals surface area contributed by atoms with E-state index in [0.29, 0.717) is 22.1 Å². The van der Waals surface area contributed by atoms with E-state index in [9.17, 15) is 14.7 Å². The van der Waals surface area contributed by atoms with Gasteiger partial charge in [-0.05, 0) is 43.7 Å². The third-order valence-electron chi connectivity index (χ3n) is 4.47. The second-order valence-corrected chi connectivity index (χ2v) is 6.86. The summed E-state index contributed by atoms with van der Waals surface area (Å²) in [5.74, 6) is -0.740. The monoisotopic (exact) mass is 398 g/mol. The predicted molar refractivity (Wildman–Crippen MR) is 100 cm³/mol. The van der Waals surface area contributed by atoms with Crippen LogP contribution in [0.1, 0.15) is 33.7 Å². The zero-order valence-electron chi connectivity index (χ0n) is 15.0. The number of aliphatic hydroxyl groups excluding tert-OH is 1. The maximum absolute atomic E-state index is 13.1. The average molecular weight is 399 g/mol. The van der Waals surface area contributed by atoms with Crippen LogP contribution < -0.4 is 4.90 Å². The summed E-state index contributed by atoms with van der Waals surface area (Å²) in [6, 6.07) is 10.4. The standard InChI is InChI=1S/C20H15ClN2O5/c1-10-3-8-14(27-10)18(24)16-17(12-4-6-13(21)7-5-12)23(20(26)19(16)25)15-9-11(2)28-22-15/h3-9,17,25H,1-2H3. The maximum Gasteiger partial charge on any atom is 0.295 e.